The van der Waals surface area contributed by atoms with Crippen LogP contribution < -0.4 is 4.90 Å². The fourth-order valence-corrected chi connectivity index (χ4v) is 2.42. The molecule has 1 aromatic carbocycles. The fraction of sp³-hybridized carbons (Fsp3) is 0.455. The number of rotatable bonds is 2. The summed E-state index contributed by atoms with van der Waals surface area (Å²) in [5.74, 6) is 0. The molecular weight excluding hydrogens is 286 g/mol. The van der Waals surface area contributed by atoms with Crippen LogP contribution in [0.25, 0.3) is 0 Å². The van der Waals surface area contributed by atoms with Gasteiger partial charge in [-0.2, -0.15) is 0 Å². The summed E-state index contributed by atoms with van der Waals surface area (Å²) in [5.41, 5.74) is 1.15. The van der Waals surface area contributed by atoms with Crippen molar-refractivity contribution in [2.75, 3.05) is 38.1 Å². The Labute approximate surface area is 108 Å². The number of halogens is 1. The molecule has 92 valence electrons. The fourth-order valence-electron chi connectivity index (χ4n) is 1.91. The lowest BCUT2D eigenvalue weighted by atomic mass is 10.2. The SMILES string of the molecule is CN1CCN(c2ccc([N+](=O)[O-])c(Br)c2)CC1. The van der Waals surface area contributed by atoms with Gasteiger partial charge in [-0.3, -0.25) is 10.1 Å². The van der Waals surface area contributed by atoms with Crippen LogP contribution in [0.15, 0.2) is 22.7 Å². The Morgan fingerprint density at radius 3 is 2.47 bits per heavy atom. The minimum atomic E-state index is -0.377. The molecule has 1 fully saturated rings. The van der Waals surface area contributed by atoms with Gasteiger partial charge in [-0.1, -0.05) is 0 Å². The van der Waals surface area contributed by atoms with E-state index in [0.717, 1.165) is 31.9 Å². The molecule has 1 saturated heterocycles. The third-order valence-corrected chi connectivity index (χ3v) is 3.63. The first-order chi connectivity index (χ1) is 8.08. The molecule has 1 aliphatic rings. The van der Waals surface area contributed by atoms with Gasteiger partial charge < -0.3 is 9.80 Å². The Morgan fingerprint density at radius 1 is 1.29 bits per heavy atom. The van der Waals surface area contributed by atoms with Crippen molar-refractivity contribution in [2.24, 2.45) is 0 Å². The van der Waals surface area contributed by atoms with E-state index in [1.165, 1.54) is 0 Å². The van der Waals surface area contributed by atoms with Gasteiger partial charge in [-0.05, 0) is 35.1 Å². The molecule has 0 aromatic heterocycles. The quantitative estimate of drug-likeness (QED) is 0.620. The van der Waals surface area contributed by atoms with E-state index in [9.17, 15) is 10.1 Å². The molecule has 0 atom stereocenters. The van der Waals surface area contributed by atoms with E-state index < -0.39 is 0 Å². The van der Waals surface area contributed by atoms with Crippen molar-refractivity contribution >= 4 is 27.3 Å². The van der Waals surface area contributed by atoms with Crippen LogP contribution in [0, 0.1) is 10.1 Å². The number of likely N-dealkylation sites (N-methyl/N-ethyl adjacent to an activating group) is 1. The minimum absolute atomic E-state index is 0.114. The van der Waals surface area contributed by atoms with Crippen LogP contribution in [0.2, 0.25) is 0 Å². The molecule has 0 aliphatic carbocycles. The maximum absolute atomic E-state index is 10.7. The maximum atomic E-state index is 10.7. The Bertz CT molecular complexity index is 431. The number of hydrogen-bond acceptors (Lipinski definition) is 4. The molecule has 6 heteroatoms. The third-order valence-electron chi connectivity index (χ3n) is 3.00. The average molecular weight is 300 g/mol. The molecule has 0 saturated carbocycles. The summed E-state index contributed by atoms with van der Waals surface area (Å²) in [5, 5.41) is 10.7. The third kappa shape index (κ3) is 2.76. The standard InChI is InChI=1S/C11H14BrN3O2/c1-13-4-6-14(7-5-13)9-2-3-11(15(16)17)10(12)8-9/h2-3,8H,4-7H2,1H3. The number of benzene rings is 1. The summed E-state index contributed by atoms with van der Waals surface area (Å²) < 4.78 is 0.541. The van der Waals surface area contributed by atoms with Crippen LogP contribution in [0.1, 0.15) is 0 Å². The molecule has 0 N–H and O–H groups in total. The normalized spacial score (nSPS) is 17.2. The second-order valence-corrected chi connectivity index (χ2v) is 5.04. The van der Waals surface area contributed by atoms with E-state index >= 15 is 0 Å². The van der Waals surface area contributed by atoms with Crippen LogP contribution in [0.3, 0.4) is 0 Å². The van der Waals surface area contributed by atoms with Gasteiger partial charge in [-0.15, -0.1) is 0 Å². The summed E-state index contributed by atoms with van der Waals surface area (Å²) in [6.07, 6.45) is 0. The van der Waals surface area contributed by atoms with Crippen LogP contribution in [-0.4, -0.2) is 43.0 Å². The predicted octanol–water partition coefficient (Wildman–Crippen LogP) is 2.11. The van der Waals surface area contributed by atoms with E-state index in [1.807, 2.05) is 12.1 Å². The van der Waals surface area contributed by atoms with E-state index in [1.54, 1.807) is 6.07 Å². The predicted molar refractivity (Wildman–Crippen MR) is 70.5 cm³/mol. The zero-order valence-electron chi connectivity index (χ0n) is 9.60. The number of nitro groups is 1. The molecule has 0 radical (unpaired) electrons. The average Bonchev–Trinajstić information content (AvgIpc) is 2.29. The number of piperazine rings is 1. The lowest BCUT2D eigenvalue weighted by Gasteiger charge is -2.34. The zero-order chi connectivity index (χ0) is 12.4. The highest BCUT2D eigenvalue weighted by Gasteiger charge is 2.17. The van der Waals surface area contributed by atoms with Crippen molar-refractivity contribution < 1.29 is 4.92 Å². The Kier molecular flexibility index (Phi) is 3.63. The van der Waals surface area contributed by atoms with Gasteiger partial charge in [0, 0.05) is 37.9 Å². The second kappa shape index (κ2) is 5.01. The molecule has 17 heavy (non-hydrogen) atoms. The highest BCUT2D eigenvalue weighted by molar-refractivity contribution is 9.10. The highest BCUT2D eigenvalue weighted by Crippen LogP contribution is 2.29. The Morgan fingerprint density at radius 2 is 1.94 bits per heavy atom. The molecule has 0 unspecified atom stereocenters. The van der Waals surface area contributed by atoms with Crippen LogP contribution in [0.5, 0.6) is 0 Å². The van der Waals surface area contributed by atoms with Gasteiger partial charge in [0.15, 0.2) is 0 Å². The number of anilines is 1. The minimum Gasteiger partial charge on any atom is -0.369 e. The van der Waals surface area contributed by atoms with Crippen molar-refractivity contribution in [1.29, 1.82) is 0 Å². The van der Waals surface area contributed by atoms with Crippen molar-refractivity contribution in [3.8, 4) is 0 Å². The van der Waals surface area contributed by atoms with Gasteiger partial charge >= 0.3 is 0 Å². The number of nitro benzene ring substituents is 1. The molecule has 1 aromatic rings. The van der Waals surface area contributed by atoms with Crippen molar-refractivity contribution in [1.82, 2.24) is 4.90 Å². The summed E-state index contributed by atoms with van der Waals surface area (Å²) in [6.45, 7) is 3.96. The van der Waals surface area contributed by atoms with Crippen LogP contribution >= 0.6 is 15.9 Å². The van der Waals surface area contributed by atoms with Gasteiger partial charge in [0.2, 0.25) is 0 Å². The van der Waals surface area contributed by atoms with E-state index in [2.05, 4.69) is 32.8 Å². The number of nitrogens with zero attached hydrogens (tertiary/aromatic N) is 3. The van der Waals surface area contributed by atoms with Gasteiger partial charge in [0.1, 0.15) is 0 Å². The lowest BCUT2D eigenvalue weighted by Crippen LogP contribution is -2.44. The largest absolute Gasteiger partial charge is 0.369 e. The smallest absolute Gasteiger partial charge is 0.283 e. The molecule has 1 heterocycles. The van der Waals surface area contributed by atoms with E-state index in [0.29, 0.717) is 4.47 Å². The highest BCUT2D eigenvalue weighted by atomic mass is 79.9. The van der Waals surface area contributed by atoms with Gasteiger partial charge in [0.25, 0.3) is 5.69 Å². The van der Waals surface area contributed by atoms with Crippen molar-refractivity contribution in [3.63, 3.8) is 0 Å². The molecule has 2 rings (SSSR count). The Hall–Kier alpha value is -1.14. The Balaban J connectivity index is 2.17. The van der Waals surface area contributed by atoms with E-state index in [4.69, 9.17) is 0 Å². The van der Waals surface area contributed by atoms with E-state index in [-0.39, 0.29) is 10.6 Å². The lowest BCUT2D eigenvalue weighted by molar-refractivity contribution is -0.385. The van der Waals surface area contributed by atoms with Crippen molar-refractivity contribution in [2.45, 2.75) is 0 Å². The molecular formula is C11H14BrN3O2. The second-order valence-electron chi connectivity index (χ2n) is 4.18. The monoisotopic (exact) mass is 299 g/mol. The zero-order valence-corrected chi connectivity index (χ0v) is 11.2. The summed E-state index contributed by atoms with van der Waals surface area (Å²) in [4.78, 5) is 14.8. The molecule has 0 amide bonds. The first kappa shape index (κ1) is 12.3. The summed E-state index contributed by atoms with van der Waals surface area (Å²) in [7, 11) is 2.10. The maximum Gasteiger partial charge on any atom is 0.283 e. The topological polar surface area (TPSA) is 49.6 Å². The summed E-state index contributed by atoms with van der Waals surface area (Å²) in [6, 6.07) is 5.19. The molecule has 1 aliphatic heterocycles. The number of hydrogen-bond donors (Lipinski definition) is 0. The van der Waals surface area contributed by atoms with Crippen LogP contribution in [0.4, 0.5) is 11.4 Å². The molecule has 0 bridgehead atoms. The van der Waals surface area contributed by atoms with Gasteiger partial charge in [0.05, 0.1) is 9.40 Å². The van der Waals surface area contributed by atoms with Crippen LogP contribution in [-0.2, 0) is 0 Å². The van der Waals surface area contributed by atoms with Crippen molar-refractivity contribution in [3.05, 3.63) is 32.8 Å². The summed E-state index contributed by atoms with van der Waals surface area (Å²) >= 11 is 3.25. The first-order valence-electron chi connectivity index (χ1n) is 5.45. The first-order valence-corrected chi connectivity index (χ1v) is 6.24. The molecule has 0 spiro atoms. The van der Waals surface area contributed by atoms with Gasteiger partial charge in [-0.25, -0.2) is 0 Å². The molecule has 5 nitrogen and oxygen atoms in total.